The van der Waals surface area contributed by atoms with Crippen molar-refractivity contribution < 1.29 is 9.53 Å². The molecule has 1 aromatic carbocycles. The molecular formula is C18H31Cl2N3O2. The topological polar surface area (TPSA) is 67.6 Å². The van der Waals surface area contributed by atoms with Gasteiger partial charge in [0.25, 0.3) is 0 Å². The maximum atomic E-state index is 12.2. The number of nitrogens with two attached hydrogens (primary N) is 1. The molecule has 3 N–H and O–H groups in total. The summed E-state index contributed by atoms with van der Waals surface area (Å²) in [5, 5.41) is 2.90. The van der Waals surface area contributed by atoms with Crippen LogP contribution in [-0.2, 0) is 9.53 Å². The zero-order valence-electron chi connectivity index (χ0n) is 15.5. The van der Waals surface area contributed by atoms with Gasteiger partial charge in [-0.1, -0.05) is 32.9 Å². The van der Waals surface area contributed by atoms with Gasteiger partial charge in [0.05, 0.1) is 19.3 Å². The Morgan fingerprint density at radius 3 is 2.16 bits per heavy atom. The molecule has 0 bridgehead atoms. The minimum Gasteiger partial charge on any atom is -0.379 e. The number of hydrogen-bond donors (Lipinski definition) is 2. The van der Waals surface area contributed by atoms with Gasteiger partial charge in [-0.05, 0) is 30.0 Å². The van der Waals surface area contributed by atoms with Crippen molar-refractivity contribution in [2.75, 3.05) is 31.6 Å². The van der Waals surface area contributed by atoms with Crippen LogP contribution in [0.1, 0.15) is 39.3 Å². The first-order valence-corrected chi connectivity index (χ1v) is 8.27. The molecule has 5 nitrogen and oxygen atoms in total. The molecule has 1 amide bonds. The number of nitrogens with one attached hydrogen (secondary N) is 1. The zero-order chi connectivity index (χ0) is 17.0. The third kappa shape index (κ3) is 6.76. The molecule has 0 spiro atoms. The second kappa shape index (κ2) is 10.3. The van der Waals surface area contributed by atoms with Crippen molar-refractivity contribution in [3.63, 3.8) is 0 Å². The number of carbonyl (C=O) groups excluding carboxylic acids is 1. The van der Waals surface area contributed by atoms with E-state index in [1.807, 2.05) is 32.9 Å². The zero-order valence-corrected chi connectivity index (χ0v) is 17.1. The van der Waals surface area contributed by atoms with Crippen LogP contribution in [0.25, 0.3) is 0 Å². The number of carbonyl (C=O) groups is 1. The van der Waals surface area contributed by atoms with Gasteiger partial charge in [-0.2, -0.15) is 0 Å². The Morgan fingerprint density at radius 1 is 1.16 bits per heavy atom. The number of halogens is 2. The number of benzene rings is 1. The molecule has 1 aromatic rings. The smallest absolute Gasteiger partial charge is 0.241 e. The standard InChI is InChI=1S/C18H29N3O2.2ClH/c1-13(21-9-11-23-12-10-21)14-5-7-15(8-6-14)20-17(22)16(19)18(2,3)4;;/h5-8,13,16H,9-12,19H2,1-4H3,(H,20,22);2*1H/t13?,16-;;/m1../s1. The highest BCUT2D eigenvalue weighted by Crippen LogP contribution is 2.23. The number of amides is 1. The van der Waals surface area contributed by atoms with E-state index < -0.39 is 6.04 Å². The average molecular weight is 392 g/mol. The Kier molecular flexibility index (Phi) is 9.98. The highest BCUT2D eigenvalue weighted by atomic mass is 35.5. The van der Waals surface area contributed by atoms with Crippen LogP contribution >= 0.6 is 24.8 Å². The maximum absolute atomic E-state index is 12.2. The Hall–Kier alpha value is -0.850. The molecule has 0 aromatic heterocycles. The van der Waals surface area contributed by atoms with Crippen molar-refractivity contribution in [3.8, 4) is 0 Å². The molecule has 1 aliphatic heterocycles. The van der Waals surface area contributed by atoms with Crippen LogP contribution in [0.2, 0.25) is 0 Å². The number of rotatable bonds is 4. The molecule has 0 radical (unpaired) electrons. The molecule has 2 atom stereocenters. The summed E-state index contributed by atoms with van der Waals surface area (Å²) >= 11 is 0. The first kappa shape index (κ1) is 24.1. The summed E-state index contributed by atoms with van der Waals surface area (Å²) in [6.07, 6.45) is 0. The monoisotopic (exact) mass is 391 g/mol. The largest absolute Gasteiger partial charge is 0.379 e. The van der Waals surface area contributed by atoms with Crippen LogP contribution in [0.5, 0.6) is 0 Å². The molecule has 2 rings (SSSR count). The summed E-state index contributed by atoms with van der Waals surface area (Å²) < 4.78 is 5.40. The third-order valence-electron chi connectivity index (χ3n) is 4.47. The van der Waals surface area contributed by atoms with E-state index in [9.17, 15) is 4.79 Å². The lowest BCUT2D eigenvalue weighted by Gasteiger charge is -2.32. The highest BCUT2D eigenvalue weighted by Gasteiger charge is 2.27. The summed E-state index contributed by atoms with van der Waals surface area (Å²) in [5.41, 5.74) is 7.76. The molecule has 0 saturated carbocycles. The Morgan fingerprint density at radius 2 is 1.68 bits per heavy atom. The van der Waals surface area contributed by atoms with Crippen LogP contribution in [0.3, 0.4) is 0 Å². The SMILES string of the molecule is CC(c1ccc(NC(=O)[C@@H](N)C(C)(C)C)cc1)N1CCOCC1.Cl.Cl. The summed E-state index contributed by atoms with van der Waals surface area (Å²) in [5.74, 6) is -0.147. The predicted molar refractivity (Wildman–Crippen MR) is 108 cm³/mol. The summed E-state index contributed by atoms with van der Waals surface area (Å²) in [7, 11) is 0. The second-order valence-electron chi connectivity index (χ2n) is 7.28. The number of anilines is 1. The number of ether oxygens (including phenoxy) is 1. The van der Waals surface area contributed by atoms with Gasteiger partial charge < -0.3 is 15.8 Å². The van der Waals surface area contributed by atoms with E-state index in [-0.39, 0.29) is 36.1 Å². The molecule has 1 heterocycles. The van der Waals surface area contributed by atoms with Crippen molar-refractivity contribution in [2.45, 2.75) is 39.8 Å². The fourth-order valence-corrected chi connectivity index (χ4v) is 2.63. The van der Waals surface area contributed by atoms with Crippen LogP contribution in [0, 0.1) is 5.41 Å². The Bertz CT molecular complexity index is 526. The van der Waals surface area contributed by atoms with E-state index in [1.165, 1.54) is 5.56 Å². The van der Waals surface area contributed by atoms with Crippen LogP contribution < -0.4 is 11.1 Å². The maximum Gasteiger partial charge on any atom is 0.241 e. The quantitative estimate of drug-likeness (QED) is 0.826. The van der Waals surface area contributed by atoms with Gasteiger partial charge in [-0.25, -0.2) is 0 Å². The van der Waals surface area contributed by atoms with Gasteiger partial charge in [-0.3, -0.25) is 9.69 Å². The van der Waals surface area contributed by atoms with E-state index in [4.69, 9.17) is 10.5 Å². The molecule has 0 aliphatic carbocycles. The minimum absolute atomic E-state index is 0. The summed E-state index contributed by atoms with van der Waals surface area (Å²) in [4.78, 5) is 14.6. The van der Waals surface area contributed by atoms with E-state index in [1.54, 1.807) is 0 Å². The third-order valence-corrected chi connectivity index (χ3v) is 4.47. The highest BCUT2D eigenvalue weighted by molar-refractivity contribution is 5.95. The molecular weight excluding hydrogens is 361 g/mol. The van der Waals surface area contributed by atoms with Crippen molar-refractivity contribution in [3.05, 3.63) is 29.8 Å². The van der Waals surface area contributed by atoms with E-state index >= 15 is 0 Å². The first-order valence-electron chi connectivity index (χ1n) is 8.27. The van der Waals surface area contributed by atoms with Gasteiger partial charge in [0.1, 0.15) is 0 Å². The molecule has 7 heteroatoms. The number of nitrogens with zero attached hydrogens (tertiary/aromatic N) is 1. The normalized spacial score (nSPS) is 17.6. The Balaban J connectivity index is 0.00000288. The van der Waals surface area contributed by atoms with Crippen molar-refractivity contribution >= 4 is 36.4 Å². The molecule has 1 saturated heterocycles. The van der Waals surface area contributed by atoms with E-state index in [0.29, 0.717) is 6.04 Å². The summed E-state index contributed by atoms with van der Waals surface area (Å²) in [6, 6.07) is 7.84. The Labute approximate surface area is 163 Å². The predicted octanol–water partition coefficient (Wildman–Crippen LogP) is 3.24. The van der Waals surface area contributed by atoms with Crippen molar-refractivity contribution in [1.82, 2.24) is 4.90 Å². The van der Waals surface area contributed by atoms with Gasteiger partial charge >= 0.3 is 0 Å². The van der Waals surface area contributed by atoms with E-state index in [0.717, 1.165) is 32.0 Å². The van der Waals surface area contributed by atoms with Crippen LogP contribution in [0.15, 0.2) is 24.3 Å². The van der Waals surface area contributed by atoms with Gasteiger partial charge in [0.15, 0.2) is 0 Å². The van der Waals surface area contributed by atoms with Gasteiger partial charge in [-0.15, -0.1) is 24.8 Å². The fourth-order valence-electron chi connectivity index (χ4n) is 2.63. The minimum atomic E-state index is -0.533. The molecule has 25 heavy (non-hydrogen) atoms. The van der Waals surface area contributed by atoms with Crippen LogP contribution in [-0.4, -0.2) is 43.2 Å². The molecule has 144 valence electrons. The number of morpholine rings is 1. The average Bonchev–Trinajstić information content (AvgIpc) is 2.54. The first-order chi connectivity index (χ1) is 10.8. The van der Waals surface area contributed by atoms with E-state index in [2.05, 4.69) is 29.3 Å². The van der Waals surface area contributed by atoms with Gasteiger partial charge in [0.2, 0.25) is 5.91 Å². The number of hydrogen-bond acceptors (Lipinski definition) is 4. The lowest BCUT2D eigenvalue weighted by Crippen LogP contribution is -2.45. The fraction of sp³-hybridized carbons (Fsp3) is 0.611. The lowest BCUT2D eigenvalue weighted by atomic mass is 9.87. The molecule has 1 aliphatic rings. The van der Waals surface area contributed by atoms with Crippen molar-refractivity contribution in [1.29, 1.82) is 0 Å². The second-order valence-corrected chi connectivity index (χ2v) is 7.28. The lowest BCUT2D eigenvalue weighted by molar-refractivity contribution is -0.119. The molecule has 1 fully saturated rings. The van der Waals surface area contributed by atoms with Gasteiger partial charge in [0, 0.05) is 24.8 Å². The summed E-state index contributed by atoms with van der Waals surface area (Å²) in [6.45, 7) is 11.6. The van der Waals surface area contributed by atoms with Crippen LogP contribution in [0.4, 0.5) is 5.69 Å². The van der Waals surface area contributed by atoms with Crippen molar-refractivity contribution in [2.24, 2.45) is 11.1 Å². The molecule has 1 unspecified atom stereocenters.